The number of hydrogen-bond donors (Lipinski definition) is 0. The average Bonchev–Trinajstić information content (AvgIpc) is 2.27. The van der Waals surface area contributed by atoms with Crippen LogP contribution in [0.15, 0.2) is 12.1 Å². The minimum Gasteiger partial charge on any atom is -0.258 e. The largest absolute Gasteiger partial charge is 0.258 e. The maximum absolute atomic E-state index is 6.11. The van der Waals surface area contributed by atoms with E-state index in [4.69, 9.17) is 23.2 Å². The molecule has 0 atom stereocenters. The molecule has 3 nitrogen and oxygen atoms in total. The second-order valence-corrected chi connectivity index (χ2v) is 4.82. The van der Waals surface area contributed by atoms with Gasteiger partial charge in [0.2, 0.25) is 0 Å². The van der Waals surface area contributed by atoms with Gasteiger partial charge < -0.3 is 0 Å². The van der Waals surface area contributed by atoms with E-state index < -0.39 is 0 Å². The van der Waals surface area contributed by atoms with Crippen molar-refractivity contribution in [1.82, 2.24) is 15.0 Å². The zero-order valence-electron chi connectivity index (χ0n) is 10.5. The third kappa shape index (κ3) is 2.62. The number of halogens is 2. The molecule has 0 aromatic carbocycles. The van der Waals surface area contributed by atoms with Gasteiger partial charge in [-0.05, 0) is 32.4 Å². The van der Waals surface area contributed by atoms with Crippen LogP contribution in [-0.4, -0.2) is 15.0 Å². The first-order valence-electron chi connectivity index (χ1n) is 5.68. The van der Waals surface area contributed by atoms with E-state index in [1.807, 2.05) is 32.9 Å². The highest BCUT2D eigenvalue weighted by Gasteiger charge is 2.12. The molecule has 2 rings (SSSR count). The third-order valence-electron chi connectivity index (χ3n) is 2.60. The quantitative estimate of drug-likeness (QED) is 0.781. The summed E-state index contributed by atoms with van der Waals surface area (Å²) in [6.45, 7) is 5.83. The zero-order chi connectivity index (χ0) is 13.3. The normalized spacial score (nSPS) is 10.7. The average molecular weight is 282 g/mol. The monoisotopic (exact) mass is 281 g/mol. The Morgan fingerprint density at radius 1 is 0.944 bits per heavy atom. The van der Waals surface area contributed by atoms with Gasteiger partial charge in [-0.25, -0.2) is 9.97 Å². The van der Waals surface area contributed by atoms with Gasteiger partial charge in [0.1, 0.15) is 10.3 Å². The maximum atomic E-state index is 6.11. The van der Waals surface area contributed by atoms with Crippen LogP contribution in [0.25, 0.3) is 11.4 Å². The lowest BCUT2D eigenvalue weighted by atomic mass is 10.2. The molecular formula is C13H13Cl2N3. The first-order chi connectivity index (χ1) is 8.51. The summed E-state index contributed by atoms with van der Waals surface area (Å²) in [6, 6.07) is 3.83. The van der Waals surface area contributed by atoms with Gasteiger partial charge in [0, 0.05) is 22.5 Å². The molecule has 2 aromatic rings. The lowest BCUT2D eigenvalue weighted by molar-refractivity contribution is 1.04. The highest BCUT2D eigenvalue weighted by Crippen LogP contribution is 2.26. The molecule has 2 heterocycles. The summed E-state index contributed by atoms with van der Waals surface area (Å²) < 4.78 is 0. The van der Waals surface area contributed by atoms with Crippen molar-refractivity contribution in [1.29, 1.82) is 0 Å². The Hall–Kier alpha value is -1.19. The summed E-state index contributed by atoms with van der Waals surface area (Å²) in [7, 11) is 0. The van der Waals surface area contributed by atoms with Crippen molar-refractivity contribution >= 4 is 23.2 Å². The molecule has 0 fully saturated rings. The summed E-state index contributed by atoms with van der Waals surface area (Å²) in [5.41, 5.74) is 3.50. The van der Waals surface area contributed by atoms with Gasteiger partial charge in [-0.1, -0.05) is 30.1 Å². The van der Waals surface area contributed by atoms with Gasteiger partial charge in [-0.2, -0.15) is 0 Å². The number of rotatable bonds is 2. The van der Waals surface area contributed by atoms with Crippen molar-refractivity contribution in [3.05, 3.63) is 39.4 Å². The minimum atomic E-state index is 0.416. The van der Waals surface area contributed by atoms with Gasteiger partial charge >= 0.3 is 0 Å². The third-order valence-corrected chi connectivity index (χ3v) is 3.22. The highest BCUT2D eigenvalue weighted by atomic mass is 35.5. The molecule has 2 aromatic heterocycles. The molecule has 0 saturated heterocycles. The van der Waals surface area contributed by atoms with Crippen LogP contribution in [0.4, 0.5) is 0 Å². The summed E-state index contributed by atoms with van der Waals surface area (Å²) in [5, 5.41) is 0.833. The number of aromatic nitrogens is 3. The molecule has 0 saturated carbocycles. The summed E-state index contributed by atoms with van der Waals surface area (Å²) in [4.78, 5) is 12.9. The van der Waals surface area contributed by atoms with Crippen molar-refractivity contribution in [2.24, 2.45) is 0 Å². The fourth-order valence-corrected chi connectivity index (χ4v) is 2.47. The molecule has 0 unspecified atom stereocenters. The molecule has 0 N–H and O–H groups in total. The van der Waals surface area contributed by atoms with E-state index in [0.29, 0.717) is 22.6 Å². The summed E-state index contributed by atoms with van der Waals surface area (Å²) in [6.07, 6.45) is 0.715. The molecule has 0 bridgehead atoms. The van der Waals surface area contributed by atoms with E-state index in [0.717, 1.165) is 22.5 Å². The molecular weight excluding hydrogens is 269 g/mol. The van der Waals surface area contributed by atoms with Crippen LogP contribution in [0.1, 0.15) is 23.9 Å². The number of hydrogen-bond acceptors (Lipinski definition) is 3. The van der Waals surface area contributed by atoms with Crippen LogP contribution in [0.3, 0.4) is 0 Å². The van der Waals surface area contributed by atoms with Gasteiger partial charge in [0.25, 0.3) is 0 Å². The van der Waals surface area contributed by atoms with Crippen molar-refractivity contribution in [2.45, 2.75) is 27.2 Å². The topological polar surface area (TPSA) is 38.7 Å². The Kier molecular flexibility index (Phi) is 3.83. The van der Waals surface area contributed by atoms with Gasteiger partial charge in [-0.15, -0.1) is 0 Å². The van der Waals surface area contributed by atoms with E-state index in [-0.39, 0.29) is 0 Å². The molecule has 94 valence electrons. The van der Waals surface area contributed by atoms with E-state index >= 15 is 0 Å². The predicted molar refractivity (Wildman–Crippen MR) is 74.1 cm³/mol. The Morgan fingerprint density at radius 3 is 1.89 bits per heavy atom. The van der Waals surface area contributed by atoms with Crippen molar-refractivity contribution in [2.75, 3.05) is 0 Å². The molecule has 0 spiro atoms. The van der Waals surface area contributed by atoms with E-state index in [1.165, 1.54) is 0 Å². The number of pyridine rings is 1. The number of aryl methyl sites for hydroxylation is 2. The number of nitrogens with zero attached hydrogens (tertiary/aromatic N) is 3. The molecule has 5 heteroatoms. The minimum absolute atomic E-state index is 0.416. The summed E-state index contributed by atoms with van der Waals surface area (Å²) >= 11 is 12.2. The first-order valence-corrected chi connectivity index (χ1v) is 6.44. The molecule has 18 heavy (non-hydrogen) atoms. The van der Waals surface area contributed by atoms with E-state index in [1.54, 1.807) is 0 Å². The van der Waals surface area contributed by atoms with Crippen molar-refractivity contribution in [3.63, 3.8) is 0 Å². The van der Waals surface area contributed by atoms with Crippen LogP contribution in [0.2, 0.25) is 10.3 Å². The molecule has 0 aliphatic heterocycles. The predicted octanol–water partition coefficient (Wildman–Crippen LogP) is 4.02. The fourth-order valence-electron chi connectivity index (χ4n) is 1.82. The Morgan fingerprint density at radius 2 is 1.44 bits per heavy atom. The SMILES string of the molecule is CCc1c(Cl)nc(-c2cc(C)nc(C)c2)nc1Cl. The lowest BCUT2D eigenvalue weighted by Crippen LogP contribution is -1.98. The molecule has 0 amide bonds. The molecule has 0 radical (unpaired) electrons. The van der Waals surface area contributed by atoms with Gasteiger partial charge in [0.15, 0.2) is 5.82 Å². The Balaban J connectivity index is 2.58. The van der Waals surface area contributed by atoms with E-state index in [9.17, 15) is 0 Å². The summed E-state index contributed by atoms with van der Waals surface area (Å²) in [5.74, 6) is 0.538. The Labute approximate surface area is 116 Å². The van der Waals surface area contributed by atoms with Gasteiger partial charge in [-0.3, -0.25) is 4.98 Å². The van der Waals surface area contributed by atoms with Crippen LogP contribution >= 0.6 is 23.2 Å². The standard InChI is InChI=1S/C13H13Cl2N3/c1-4-10-11(14)17-13(18-12(10)15)9-5-7(2)16-8(3)6-9/h5-6H,4H2,1-3H3. The lowest BCUT2D eigenvalue weighted by Gasteiger charge is -2.07. The van der Waals surface area contributed by atoms with E-state index in [2.05, 4.69) is 15.0 Å². The van der Waals surface area contributed by atoms with Crippen molar-refractivity contribution < 1.29 is 0 Å². The zero-order valence-corrected chi connectivity index (χ0v) is 12.0. The van der Waals surface area contributed by atoms with Crippen molar-refractivity contribution in [3.8, 4) is 11.4 Å². The van der Waals surface area contributed by atoms with Gasteiger partial charge in [0.05, 0.1) is 0 Å². The molecule has 0 aliphatic carbocycles. The van der Waals surface area contributed by atoms with Crippen LogP contribution in [0, 0.1) is 13.8 Å². The molecule has 0 aliphatic rings. The maximum Gasteiger partial charge on any atom is 0.162 e. The Bertz CT molecular complexity index is 554. The van der Waals surface area contributed by atoms with Crippen LogP contribution < -0.4 is 0 Å². The smallest absolute Gasteiger partial charge is 0.162 e. The van der Waals surface area contributed by atoms with Crippen LogP contribution in [0.5, 0.6) is 0 Å². The van der Waals surface area contributed by atoms with Crippen LogP contribution in [-0.2, 0) is 6.42 Å². The fraction of sp³-hybridized carbons (Fsp3) is 0.308. The second kappa shape index (κ2) is 5.21. The second-order valence-electron chi connectivity index (χ2n) is 4.10. The highest BCUT2D eigenvalue weighted by molar-refractivity contribution is 6.34. The first kappa shape index (κ1) is 13.2.